The molecule has 0 saturated carbocycles. The molecule has 2 aromatic rings. The maximum atomic E-state index is 11.5. The van der Waals surface area contributed by atoms with E-state index in [0.29, 0.717) is 17.1 Å². The second kappa shape index (κ2) is 5.60. The van der Waals surface area contributed by atoms with Crippen LogP contribution >= 0.6 is 12.2 Å². The van der Waals surface area contributed by atoms with Gasteiger partial charge in [-0.15, -0.1) is 0 Å². The van der Waals surface area contributed by atoms with Crippen LogP contribution in [0.3, 0.4) is 0 Å². The normalized spacial score (nSPS) is 11.1. The van der Waals surface area contributed by atoms with E-state index in [1.807, 2.05) is 0 Å². The van der Waals surface area contributed by atoms with E-state index < -0.39 is 9.84 Å². The van der Waals surface area contributed by atoms with Crippen molar-refractivity contribution < 1.29 is 13.2 Å². The molecule has 0 aliphatic rings. The van der Waals surface area contributed by atoms with E-state index in [1.165, 1.54) is 12.1 Å². The van der Waals surface area contributed by atoms with Gasteiger partial charge in [0, 0.05) is 6.26 Å². The Hall–Kier alpha value is -1.92. The number of hydrogen-bond acceptors (Lipinski definition) is 4. The molecule has 0 saturated heterocycles. The van der Waals surface area contributed by atoms with Gasteiger partial charge in [0.15, 0.2) is 9.84 Å². The zero-order valence-electron chi connectivity index (χ0n) is 10.7. The maximum absolute atomic E-state index is 11.5. The van der Waals surface area contributed by atoms with Crippen molar-refractivity contribution in [2.75, 3.05) is 6.26 Å². The summed E-state index contributed by atoms with van der Waals surface area (Å²) in [5.41, 5.74) is 6.23. The first kappa shape index (κ1) is 14.5. The molecule has 0 aliphatic carbocycles. The average molecular weight is 307 g/mol. The van der Waals surface area contributed by atoms with Crippen LogP contribution in [0.1, 0.15) is 5.56 Å². The van der Waals surface area contributed by atoms with Gasteiger partial charge in [0.05, 0.1) is 10.5 Å². The Morgan fingerprint density at radius 2 is 1.85 bits per heavy atom. The summed E-state index contributed by atoms with van der Waals surface area (Å²) in [5.74, 6) is 0.905. The standard InChI is InChI=1S/C14H13NO3S2/c1-20(16,17)11-6-4-5-10(9-11)18-13-8-3-2-7-12(13)14(15)19/h2-9H,1H3,(H2,15,19). The molecule has 0 atom stereocenters. The van der Waals surface area contributed by atoms with Gasteiger partial charge in [-0.05, 0) is 30.3 Å². The van der Waals surface area contributed by atoms with Gasteiger partial charge in [0.1, 0.15) is 16.5 Å². The molecule has 0 radical (unpaired) electrons. The van der Waals surface area contributed by atoms with Crippen molar-refractivity contribution in [2.24, 2.45) is 5.73 Å². The summed E-state index contributed by atoms with van der Waals surface area (Å²) in [5, 5.41) is 0. The Labute approximate surface area is 123 Å². The number of thiocarbonyl (C=S) groups is 1. The largest absolute Gasteiger partial charge is 0.457 e. The van der Waals surface area contributed by atoms with Gasteiger partial charge in [-0.1, -0.05) is 30.4 Å². The van der Waals surface area contributed by atoms with E-state index in [2.05, 4.69) is 0 Å². The summed E-state index contributed by atoms with van der Waals surface area (Å²) in [4.78, 5) is 0.419. The van der Waals surface area contributed by atoms with Gasteiger partial charge in [-0.25, -0.2) is 8.42 Å². The zero-order chi connectivity index (χ0) is 14.8. The number of benzene rings is 2. The van der Waals surface area contributed by atoms with Crippen LogP contribution in [0.4, 0.5) is 0 Å². The highest BCUT2D eigenvalue weighted by Gasteiger charge is 2.10. The number of rotatable bonds is 4. The third kappa shape index (κ3) is 3.34. The van der Waals surface area contributed by atoms with Crippen LogP contribution in [0.25, 0.3) is 0 Å². The van der Waals surface area contributed by atoms with E-state index >= 15 is 0 Å². The van der Waals surface area contributed by atoms with Crippen molar-refractivity contribution in [2.45, 2.75) is 4.90 Å². The number of sulfone groups is 1. The van der Waals surface area contributed by atoms with E-state index in [0.717, 1.165) is 6.26 Å². The highest BCUT2D eigenvalue weighted by atomic mass is 32.2. The molecular weight excluding hydrogens is 294 g/mol. The number of hydrogen-bond donors (Lipinski definition) is 1. The molecule has 0 unspecified atom stereocenters. The van der Waals surface area contributed by atoms with E-state index in [9.17, 15) is 8.42 Å². The molecule has 0 aromatic heterocycles. The molecule has 4 nitrogen and oxygen atoms in total. The minimum atomic E-state index is -3.27. The Morgan fingerprint density at radius 1 is 1.15 bits per heavy atom. The molecule has 0 heterocycles. The summed E-state index contributed by atoms with van der Waals surface area (Å²) in [6.07, 6.45) is 1.15. The molecule has 0 spiro atoms. The van der Waals surface area contributed by atoms with Gasteiger partial charge in [-0.3, -0.25) is 0 Å². The summed E-state index contributed by atoms with van der Waals surface area (Å²) in [6.45, 7) is 0. The van der Waals surface area contributed by atoms with Crippen molar-refractivity contribution in [1.29, 1.82) is 0 Å². The van der Waals surface area contributed by atoms with Crippen LogP contribution in [-0.4, -0.2) is 19.7 Å². The van der Waals surface area contributed by atoms with Crippen LogP contribution in [0.15, 0.2) is 53.4 Å². The highest BCUT2D eigenvalue weighted by molar-refractivity contribution is 7.90. The molecule has 2 rings (SSSR count). The SMILES string of the molecule is CS(=O)(=O)c1cccc(Oc2ccccc2C(N)=S)c1. The summed E-state index contributed by atoms with van der Waals surface area (Å²) < 4.78 is 28.7. The fourth-order valence-corrected chi connectivity index (χ4v) is 2.48. The highest BCUT2D eigenvalue weighted by Crippen LogP contribution is 2.26. The third-order valence-corrected chi connectivity index (χ3v) is 3.94. The van der Waals surface area contributed by atoms with Crippen LogP contribution in [0.2, 0.25) is 0 Å². The fourth-order valence-electron chi connectivity index (χ4n) is 1.65. The van der Waals surface area contributed by atoms with Crippen LogP contribution in [0, 0.1) is 0 Å². The molecule has 0 aliphatic heterocycles. The number of ether oxygens (including phenoxy) is 1. The molecule has 20 heavy (non-hydrogen) atoms. The maximum Gasteiger partial charge on any atom is 0.175 e. The van der Waals surface area contributed by atoms with Gasteiger partial charge >= 0.3 is 0 Å². The van der Waals surface area contributed by atoms with Crippen molar-refractivity contribution in [3.05, 3.63) is 54.1 Å². The van der Waals surface area contributed by atoms with Crippen molar-refractivity contribution in [3.8, 4) is 11.5 Å². The van der Waals surface area contributed by atoms with Crippen LogP contribution in [0.5, 0.6) is 11.5 Å². The predicted molar refractivity (Wildman–Crippen MR) is 82.0 cm³/mol. The molecule has 2 N–H and O–H groups in total. The first-order valence-electron chi connectivity index (χ1n) is 5.75. The quantitative estimate of drug-likeness (QED) is 0.879. The Morgan fingerprint density at radius 3 is 2.50 bits per heavy atom. The minimum Gasteiger partial charge on any atom is -0.457 e. The first-order chi connectivity index (χ1) is 9.38. The molecule has 0 amide bonds. The number of nitrogens with two attached hydrogens (primary N) is 1. The van der Waals surface area contributed by atoms with Crippen LogP contribution < -0.4 is 10.5 Å². The topological polar surface area (TPSA) is 69.4 Å². The average Bonchev–Trinajstić information content (AvgIpc) is 2.38. The van der Waals surface area contributed by atoms with Gasteiger partial charge in [0.2, 0.25) is 0 Å². The molecule has 104 valence electrons. The lowest BCUT2D eigenvalue weighted by molar-refractivity contribution is 0.480. The van der Waals surface area contributed by atoms with Crippen LogP contribution in [-0.2, 0) is 9.84 Å². The number of para-hydroxylation sites is 1. The fraction of sp³-hybridized carbons (Fsp3) is 0.0714. The van der Waals surface area contributed by atoms with Gasteiger partial charge in [0.25, 0.3) is 0 Å². The summed E-state index contributed by atoms with van der Waals surface area (Å²) in [7, 11) is -3.27. The smallest absolute Gasteiger partial charge is 0.175 e. The first-order valence-corrected chi connectivity index (χ1v) is 8.05. The lowest BCUT2D eigenvalue weighted by Gasteiger charge is -2.10. The van der Waals surface area contributed by atoms with Crippen molar-refractivity contribution in [1.82, 2.24) is 0 Å². The second-order valence-electron chi connectivity index (χ2n) is 4.21. The van der Waals surface area contributed by atoms with E-state index in [1.54, 1.807) is 36.4 Å². The molecule has 6 heteroatoms. The van der Waals surface area contributed by atoms with Gasteiger partial charge in [-0.2, -0.15) is 0 Å². The van der Waals surface area contributed by atoms with E-state index in [-0.39, 0.29) is 9.88 Å². The zero-order valence-corrected chi connectivity index (χ0v) is 12.4. The third-order valence-electron chi connectivity index (χ3n) is 2.61. The molecular formula is C14H13NO3S2. The summed E-state index contributed by atoms with van der Waals surface area (Å²) in [6, 6.07) is 13.3. The molecule has 0 fully saturated rings. The van der Waals surface area contributed by atoms with Crippen molar-refractivity contribution >= 4 is 27.0 Å². The summed E-state index contributed by atoms with van der Waals surface area (Å²) >= 11 is 4.95. The van der Waals surface area contributed by atoms with Crippen molar-refractivity contribution in [3.63, 3.8) is 0 Å². The monoisotopic (exact) mass is 307 g/mol. The Kier molecular flexibility index (Phi) is 4.06. The second-order valence-corrected chi connectivity index (χ2v) is 6.67. The lowest BCUT2D eigenvalue weighted by Crippen LogP contribution is -2.10. The Balaban J connectivity index is 2.39. The minimum absolute atomic E-state index is 0.197. The lowest BCUT2D eigenvalue weighted by atomic mass is 10.2. The Bertz CT molecular complexity index is 755. The van der Waals surface area contributed by atoms with Gasteiger partial charge < -0.3 is 10.5 Å². The molecule has 0 bridgehead atoms. The van der Waals surface area contributed by atoms with E-state index in [4.69, 9.17) is 22.7 Å². The molecule has 2 aromatic carbocycles. The predicted octanol–water partition coefficient (Wildman–Crippen LogP) is 2.52.